The van der Waals surface area contributed by atoms with Gasteiger partial charge in [-0.05, 0) is 31.4 Å². The van der Waals surface area contributed by atoms with Crippen LogP contribution in [0.5, 0.6) is 0 Å². The van der Waals surface area contributed by atoms with Crippen LogP contribution in [0, 0.1) is 6.92 Å². The maximum atomic E-state index is 11.6. The molecule has 6 heteroatoms. The van der Waals surface area contributed by atoms with E-state index in [2.05, 4.69) is 34.2 Å². The van der Waals surface area contributed by atoms with Crippen molar-refractivity contribution in [3.8, 4) is 0 Å². The highest BCUT2D eigenvalue weighted by Gasteiger charge is 2.27. The molecule has 1 aliphatic rings. The first-order valence-electron chi connectivity index (χ1n) is 8.76. The van der Waals surface area contributed by atoms with Crippen molar-refractivity contribution in [1.82, 2.24) is 20.0 Å². The van der Waals surface area contributed by atoms with E-state index in [9.17, 15) is 4.79 Å². The monoisotopic (exact) mass is 338 g/mol. The quantitative estimate of drug-likeness (QED) is 0.796. The Labute approximate surface area is 146 Å². The number of benzene rings is 1. The lowest BCUT2D eigenvalue weighted by Gasteiger charge is -2.29. The maximum Gasteiger partial charge on any atom is 0.231 e. The Morgan fingerprint density at radius 1 is 1.40 bits per heavy atom. The van der Waals surface area contributed by atoms with Crippen molar-refractivity contribution in [3.63, 3.8) is 0 Å². The largest absolute Gasteiger partial charge is 0.358 e. The van der Waals surface area contributed by atoms with Crippen molar-refractivity contribution in [2.75, 3.05) is 13.1 Å². The minimum atomic E-state index is 0.110. The first-order chi connectivity index (χ1) is 12.1. The number of fused-ring (bicyclic) bond motifs is 1. The fraction of sp³-hybridized carbons (Fsp3) is 0.421. The molecule has 1 N–H and O–H groups in total. The van der Waals surface area contributed by atoms with Gasteiger partial charge in [0.1, 0.15) is 0 Å². The number of carbonyl (C=O) groups excluding carboxylic acids is 1. The van der Waals surface area contributed by atoms with Crippen molar-refractivity contribution in [1.29, 1.82) is 0 Å². The van der Waals surface area contributed by atoms with Crippen LogP contribution in [0.4, 0.5) is 0 Å². The highest BCUT2D eigenvalue weighted by atomic mass is 16.5. The topological polar surface area (TPSA) is 75.0 Å². The molecule has 3 aromatic rings. The van der Waals surface area contributed by atoms with E-state index in [1.54, 1.807) is 6.92 Å². The summed E-state index contributed by atoms with van der Waals surface area (Å²) in [4.78, 5) is 21.5. The number of hydrogen-bond donors (Lipinski definition) is 1. The Morgan fingerprint density at radius 2 is 2.24 bits per heavy atom. The fourth-order valence-corrected chi connectivity index (χ4v) is 3.69. The summed E-state index contributed by atoms with van der Waals surface area (Å²) in [5.74, 6) is 1.60. The number of rotatable bonds is 3. The third-order valence-electron chi connectivity index (χ3n) is 5.06. The molecule has 130 valence electrons. The predicted molar refractivity (Wildman–Crippen MR) is 94.4 cm³/mol. The molecule has 1 amide bonds. The average molecular weight is 338 g/mol. The molecule has 0 radical (unpaired) electrons. The van der Waals surface area contributed by atoms with Crippen LogP contribution >= 0.6 is 0 Å². The summed E-state index contributed by atoms with van der Waals surface area (Å²) in [5.41, 5.74) is 3.47. The summed E-state index contributed by atoms with van der Waals surface area (Å²) >= 11 is 0. The summed E-state index contributed by atoms with van der Waals surface area (Å²) in [6.07, 6.45) is 2.60. The van der Waals surface area contributed by atoms with Crippen LogP contribution in [0.15, 0.2) is 28.8 Å². The Balaban J connectivity index is 1.55. The van der Waals surface area contributed by atoms with Gasteiger partial charge in [0.05, 0.1) is 5.92 Å². The van der Waals surface area contributed by atoms with Gasteiger partial charge in [-0.3, -0.25) is 4.79 Å². The molecule has 1 saturated heterocycles. The zero-order chi connectivity index (χ0) is 17.4. The van der Waals surface area contributed by atoms with Crippen LogP contribution in [0.2, 0.25) is 0 Å². The molecular weight excluding hydrogens is 316 g/mol. The van der Waals surface area contributed by atoms with Crippen molar-refractivity contribution >= 4 is 16.8 Å². The number of aromatic nitrogens is 3. The van der Waals surface area contributed by atoms with Crippen LogP contribution in [-0.2, 0) is 11.2 Å². The van der Waals surface area contributed by atoms with Gasteiger partial charge in [0, 0.05) is 43.0 Å². The van der Waals surface area contributed by atoms with E-state index in [1.165, 1.54) is 10.9 Å². The van der Waals surface area contributed by atoms with Crippen LogP contribution in [0.25, 0.3) is 10.9 Å². The molecule has 6 nitrogen and oxygen atoms in total. The van der Waals surface area contributed by atoms with Gasteiger partial charge in [-0.15, -0.1) is 0 Å². The normalized spacial score (nSPS) is 18.0. The maximum absolute atomic E-state index is 11.6. The number of hydrogen-bond acceptors (Lipinski definition) is 4. The highest BCUT2D eigenvalue weighted by Crippen LogP contribution is 2.27. The molecule has 1 aromatic carbocycles. The molecule has 1 atom stereocenters. The van der Waals surface area contributed by atoms with E-state index in [-0.39, 0.29) is 11.8 Å². The Hall–Kier alpha value is -2.63. The van der Waals surface area contributed by atoms with Gasteiger partial charge >= 0.3 is 0 Å². The number of para-hydroxylation sites is 1. The molecule has 0 aliphatic carbocycles. The fourth-order valence-electron chi connectivity index (χ4n) is 3.69. The van der Waals surface area contributed by atoms with E-state index in [0.717, 1.165) is 30.6 Å². The summed E-state index contributed by atoms with van der Waals surface area (Å²) < 4.78 is 5.52. The SMILES string of the molecule is CC(=O)N1CCCC(c2nc(Cc3c(C)[nH]c4ccccc34)no2)C1. The Morgan fingerprint density at radius 3 is 3.08 bits per heavy atom. The van der Waals surface area contributed by atoms with Crippen molar-refractivity contribution < 1.29 is 9.32 Å². The van der Waals surface area contributed by atoms with Gasteiger partial charge in [0.25, 0.3) is 0 Å². The first kappa shape index (κ1) is 15.9. The molecule has 3 heterocycles. The zero-order valence-corrected chi connectivity index (χ0v) is 14.6. The second kappa shape index (κ2) is 6.35. The van der Waals surface area contributed by atoms with Crippen LogP contribution in [-0.4, -0.2) is 39.0 Å². The van der Waals surface area contributed by atoms with Gasteiger partial charge < -0.3 is 14.4 Å². The molecule has 1 fully saturated rings. The first-order valence-corrected chi connectivity index (χ1v) is 8.76. The van der Waals surface area contributed by atoms with Gasteiger partial charge in [-0.2, -0.15) is 4.98 Å². The van der Waals surface area contributed by atoms with Crippen LogP contribution in [0.3, 0.4) is 0 Å². The van der Waals surface area contributed by atoms with E-state index in [4.69, 9.17) is 4.52 Å². The standard InChI is InChI=1S/C19H22N4O2/c1-12-16(15-7-3-4-8-17(15)20-12)10-18-21-19(25-22-18)14-6-5-9-23(11-14)13(2)24/h3-4,7-8,14,20H,5-6,9-11H2,1-2H3. The molecule has 0 saturated carbocycles. The molecule has 2 aromatic heterocycles. The summed E-state index contributed by atoms with van der Waals surface area (Å²) in [5, 5.41) is 5.38. The van der Waals surface area contributed by atoms with Gasteiger partial charge in [0.2, 0.25) is 11.8 Å². The van der Waals surface area contributed by atoms with Gasteiger partial charge in [-0.25, -0.2) is 0 Å². The smallest absolute Gasteiger partial charge is 0.231 e. The lowest BCUT2D eigenvalue weighted by molar-refractivity contribution is -0.130. The minimum Gasteiger partial charge on any atom is -0.358 e. The number of aromatic amines is 1. The average Bonchev–Trinajstić information content (AvgIpc) is 3.21. The lowest BCUT2D eigenvalue weighted by atomic mass is 9.98. The molecule has 1 unspecified atom stereocenters. The molecule has 4 rings (SSSR count). The zero-order valence-electron chi connectivity index (χ0n) is 14.6. The van der Waals surface area contributed by atoms with Gasteiger partial charge in [0.15, 0.2) is 5.82 Å². The van der Waals surface area contributed by atoms with E-state index in [1.807, 2.05) is 17.0 Å². The van der Waals surface area contributed by atoms with Crippen LogP contribution < -0.4 is 0 Å². The Bertz CT molecular complexity index is 911. The second-order valence-electron chi connectivity index (χ2n) is 6.80. The summed E-state index contributed by atoms with van der Waals surface area (Å²) in [6, 6.07) is 8.25. The van der Waals surface area contributed by atoms with E-state index >= 15 is 0 Å². The van der Waals surface area contributed by atoms with E-state index in [0.29, 0.717) is 24.7 Å². The molecular formula is C19H22N4O2. The third kappa shape index (κ3) is 3.04. The second-order valence-corrected chi connectivity index (χ2v) is 6.80. The van der Waals surface area contributed by atoms with E-state index < -0.39 is 0 Å². The number of nitrogens with zero attached hydrogens (tertiary/aromatic N) is 3. The van der Waals surface area contributed by atoms with Crippen molar-refractivity contribution in [2.45, 2.75) is 39.0 Å². The van der Waals surface area contributed by atoms with Gasteiger partial charge in [-0.1, -0.05) is 23.4 Å². The molecule has 25 heavy (non-hydrogen) atoms. The number of carbonyl (C=O) groups is 1. The van der Waals surface area contributed by atoms with Crippen molar-refractivity contribution in [3.05, 3.63) is 47.2 Å². The van der Waals surface area contributed by atoms with Crippen LogP contribution in [0.1, 0.15) is 48.7 Å². The summed E-state index contributed by atoms with van der Waals surface area (Å²) in [7, 11) is 0. The van der Waals surface area contributed by atoms with Crippen molar-refractivity contribution in [2.24, 2.45) is 0 Å². The minimum absolute atomic E-state index is 0.110. The molecule has 0 bridgehead atoms. The number of likely N-dealkylation sites (tertiary alicyclic amines) is 1. The molecule has 1 aliphatic heterocycles. The number of piperidine rings is 1. The number of H-pyrrole nitrogens is 1. The number of aryl methyl sites for hydroxylation is 1. The number of nitrogens with one attached hydrogen (secondary N) is 1. The third-order valence-corrected chi connectivity index (χ3v) is 5.06. The summed E-state index contributed by atoms with van der Waals surface area (Å²) in [6.45, 7) is 5.17. The number of amides is 1. The predicted octanol–water partition coefficient (Wildman–Crippen LogP) is 3.18. The lowest BCUT2D eigenvalue weighted by Crippen LogP contribution is -2.37. The Kier molecular flexibility index (Phi) is 4.03. The molecule has 0 spiro atoms. The highest BCUT2D eigenvalue weighted by molar-refractivity contribution is 5.84.